The molecule has 9 heteroatoms. The van der Waals surface area contributed by atoms with Gasteiger partial charge in [-0.05, 0) is 30.5 Å². The summed E-state index contributed by atoms with van der Waals surface area (Å²) in [6.45, 7) is 5.87. The summed E-state index contributed by atoms with van der Waals surface area (Å²) in [5.74, 6) is 1.74. The lowest BCUT2D eigenvalue weighted by molar-refractivity contribution is -0.141. The van der Waals surface area contributed by atoms with Crippen LogP contribution >= 0.6 is 0 Å². The molecule has 0 radical (unpaired) electrons. The van der Waals surface area contributed by atoms with E-state index in [4.69, 9.17) is 4.98 Å². The van der Waals surface area contributed by atoms with Crippen LogP contribution in [-0.2, 0) is 12.7 Å². The van der Waals surface area contributed by atoms with Crippen molar-refractivity contribution in [2.75, 3.05) is 49.1 Å². The summed E-state index contributed by atoms with van der Waals surface area (Å²) in [5, 5.41) is 0. The maximum atomic E-state index is 12.6. The van der Waals surface area contributed by atoms with E-state index in [1.165, 1.54) is 25.1 Å². The van der Waals surface area contributed by atoms with Gasteiger partial charge in [0.15, 0.2) is 0 Å². The van der Waals surface area contributed by atoms with Crippen LogP contribution in [0.5, 0.6) is 0 Å². The maximum Gasteiger partial charge on any atom is 0.433 e. The fraction of sp³-hybridized carbons (Fsp3) is 0.526. The minimum atomic E-state index is -4.40. The predicted octanol–water partition coefficient (Wildman–Crippen LogP) is 2.81. The van der Waals surface area contributed by atoms with E-state index < -0.39 is 11.9 Å². The van der Waals surface area contributed by atoms with Crippen LogP contribution in [0.1, 0.15) is 24.1 Å². The molecule has 0 bridgehead atoms. The van der Waals surface area contributed by atoms with Crippen LogP contribution in [0.3, 0.4) is 0 Å². The van der Waals surface area contributed by atoms with Gasteiger partial charge in [-0.2, -0.15) is 18.2 Å². The highest BCUT2D eigenvalue weighted by atomic mass is 19.4. The Labute approximate surface area is 162 Å². The zero-order valence-corrected chi connectivity index (χ0v) is 15.6. The summed E-state index contributed by atoms with van der Waals surface area (Å²) in [6, 6.07) is 4.51. The number of piperazine rings is 1. The Morgan fingerprint density at radius 1 is 0.857 bits per heavy atom. The number of hydrogen-bond acceptors (Lipinski definition) is 6. The van der Waals surface area contributed by atoms with Crippen molar-refractivity contribution in [2.24, 2.45) is 0 Å². The first kappa shape index (κ1) is 18.9. The fourth-order valence-electron chi connectivity index (χ4n) is 3.66. The number of aromatic nitrogens is 3. The van der Waals surface area contributed by atoms with Gasteiger partial charge in [0.2, 0.25) is 5.95 Å². The van der Waals surface area contributed by atoms with Crippen LogP contribution in [0, 0.1) is 0 Å². The number of halogens is 3. The average Bonchev–Trinajstić information content (AvgIpc) is 3.23. The Bertz CT molecular complexity index is 781. The van der Waals surface area contributed by atoms with Crippen LogP contribution in [0.25, 0.3) is 0 Å². The Balaban J connectivity index is 1.33. The van der Waals surface area contributed by atoms with Crippen molar-refractivity contribution in [3.05, 3.63) is 41.9 Å². The van der Waals surface area contributed by atoms with E-state index in [1.54, 1.807) is 0 Å². The quantitative estimate of drug-likeness (QED) is 0.798. The van der Waals surface area contributed by atoms with Crippen LogP contribution in [-0.4, -0.2) is 59.1 Å². The molecule has 150 valence electrons. The van der Waals surface area contributed by atoms with Crippen molar-refractivity contribution in [3.63, 3.8) is 0 Å². The van der Waals surface area contributed by atoms with E-state index in [0.29, 0.717) is 6.54 Å². The highest BCUT2D eigenvalue weighted by molar-refractivity contribution is 5.44. The van der Waals surface area contributed by atoms with E-state index >= 15 is 0 Å². The lowest BCUT2D eigenvalue weighted by Crippen LogP contribution is -2.46. The normalized spacial score (nSPS) is 18.7. The SMILES string of the molecule is FC(F)(F)c1ccc(CN2CCN(c3nccc(N4CCCC4)n3)CC2)cn1. The summed E-state index contributed by atoms with van der Waals surface area (Å²) in [6.07, 6.45) is 1.15. The molecule has 28 heavy (non-hydrogen) atoms. The highest BCUT2D eigenvalue weighted by Crippen LogP contribution is 2.27. The first-order valence-corrected chi connectivity index (χ1v) is 9.56. The second-order valence-corrected chi connectivity index (χ2v) is 7.22. The Kier molecular flexibility index (Phi) is 5.34. The number of anilines is 2. The molecule has 2 aromatic heterocycles. The molecule has 4 heterocycles. The molecule has 2 saturated heterocycles. The van der Waals surface area contributed by atoms with E-state index in [2.05, 4.69) is 24.7 Å². The summed E-state index contributed by atoms with van der Waals surface area (Å²) < 4.78 is 37.8. The van der Waals surface area contributed by atoms with Crippen molar-refractivity contribution < 1.29 is 13.2 Å². The minimum absolute atomic E-state index is 0.591. The van der Waals surface area contributed by atoms with Gasteiger partial charge in [-0.15, -0.1) is 0 Å². The molecule has 0 aromatic carbocycles. The van der Waals surface area contributed by atoms with Crippen LogP contribution in [0.15, 0.2) is 30.6 Å². The number of hydrogen-bond donors (Lipinski definition) is 0. The van der Waals surface area contributed by atoms with Gasteiger partial charge in [-0.1, -0.05) is 6.07 Å². The van der Waals surface area contributed by atoms with Crippen LogP contribution in [0.4, 0.5) is 24.9 Å². The van der Waals surface area contributed by atoms with Crippen molar-refractivity contribution in [2.45, 2.75) is 25.6 Å². The topological polar surface area (TPSA) is 48.4 Å². The zero-order chi connectivity index (χ0) is 19.6. The summed E-state index contributed by atoms with van der Waals surface area (Å²) in [5.41, 5.74) is -0.0650. The molecule has 0 saturated carbocycles. The molecule has 4 rings (SSSR count). The average molecular weight is 392 g/mol. The number of nitrogens with zero attached hydrogens (tertiary/aromatic N) is 6. The van der Waals surface area contributed by atoms with E-state index in [-0.39, 0.29) is 0 Å². The summed E-state index contributed by atoms with van der Waals surface area (Å²) in [7, 11) is 0. The standard InChI is InChI=1S/C19H23F3N6/c20-19(21,22)16-4-3-15(13-24-16)14-26-9-11-28(12-10-26)18-23-6-5-17(25-18)27-7-1-2-8-27/h3-6,13H,1-2,7-12,14H2. The molecule has 0 N–H and O–H groups in total. The first-order valence-electron chi connectivity index (χ1n) is 9.56. The second-order valence-electron chi connectivity index (χ2n) is 7.22. The van der Waals surface area contributed by atoms with Gasteiger partial charge in [0.25, 0.3) is 0 Å². The summed E-state index contributed by atoms with van der Waals surface area (Å²) >= 11 is 0. The lowest BCUT2D eigenvalue weighted by Gasteiger charge is -2.35. The molecule has 2 fully saturated rings. The molecular weight excluding hydrogens is 369 g/mol. The molecule has 0 amide bonds. The van der Waals surface area contributed by atoms with Gasteiger partial charge in [-0.25, -0.2) is 4.98 Å². The highest BCUT2D eigenvalue weighted by Gasteiger charge is 2.32. The largest absolute Gasteiger partial charge is 0.433 e. The molecule has 0 aliphatic carbocycles. The van der Waals surface area contributed by atoms with Crippen LogP contribution < -0.4 is 9.80 Å². The molecular formula is C19H23F3N6. The fourth-order valence-corrected chi connectivity index (χ4v) is 3.66. The van der Waals surface area contributed by atoms with E-state index in [9.17, 15) is 13.2 Å². The Morgan fingerprint density at radius 2 is 1.61 bits per heavy atom. The third-order valence-electron chi connectivity index (χ3n) is 5.23. The number of pyridine rings is 1. The Hall–Kier alpha value is -2.42. The number of rotatable bonds is 4. The third kappa shape index (κ3) is 4.35. The summed E-state index contributed by atoms with van der Waals surface area (Å²) in [4.78, 5) is 19.4. The zero-order valence-electron chi connectivity index (χ0n) is 15.6. The maximum absolute atomic E-state index is 12.6. The van der Waals surface area contributed by atoms with E-state index in [0.717, 1.165) is 62.7 Å². The van der Waals surface area contributed by atoms with E-state index in [1.807, 2.05) is 12.3 Å². The number of alkyl halides is 3. The van der Waals surface area contributed by atoms with Gasteiger partial charge in [-0.3, -0.25) is 9.88 Å². The monoisotopic (exact) mass is 392 g/mol. The predicted molar refractivity (Wildman–Crippen MR) is 100 cm³/mol. The smallest absolute Gasteiger partial charge is 0.356 e. The second kappa shape index (κ2) is 7.90. The van der Waals surface area contributed by atoms with Crippen LogP contribution in [0.2, 0.25) is 0 Å². The third-order valence-corrected chi connectivity index (χ3v) is 5.23. The van der Waals surface area contributed by atoms with Crippen molar-refractivity contribution in [1.29, 1.82) is 0 Å². The Morgan fingerprint density at radius 3 is 2.25 bits per heavy atom. The molecule has 2 aliphatic heterocycles. The molecule has 0 atom stereocenters. The van der Waals surface area contributed by atoms with Gasteiger partial charge < -0.3 is 9.80 Å². The molecule has 6 nitrogen and oxygen atoms in total. The molecule has 2 aliphatic rings. The molecule has 0 unspecified atom stereocenters. The minimum Gasteiger partial charge on any atom is -0.356 e. The van der Waals surface area contributed by atoms with Crippen molar-refractivity contribution >= 4 is 11.8 Å². The lowest BCUT2D eigenvalue weighted by atomic mass is 10.2. The molecule has 0 spiro atoms. The van der Waals surface area contributed by atoms with Crippen molar-refractivity contribution in [3.8, 4) is 0 Å². The van der Waals surface area contributed by atoms with Crippen molar-refractivity contribution in [1.82, 2.24) is 19.9 Å². The molecule has 2 aromatic rings. The van der Waals surface area contributed by atoms with Gasteiger partial charge in [0.05, 0.1) is 0 Å². The van der Waals surface area contributed by atoms with Gasteiger partial charge in [0.1, 0.15) is 11.5 Å². The van der Waals surface area contributed by atoms with Gasteiger partial charge >= 0.3 is 6.18 Å². The van der Waals surface area contributed by atoms with Gasteiger partial charge in [0, 0.05) is 58.2 Å². The first-order chi connectivity index (χ1) is 13.5.